The summed E-state index contributed by atoms with van der Waals surface area (Å²) in [7, 11) is 0. The lowest BCUT2D eigenvalue weighted by Crippen LogP contribution is -2.39. The van der Waals surface area contributed by atoms with Crippen molar-refractivity contribution in [1.82, 2.24) is 4.90 Å². The summed E-state index contributed by atoms with van der Waals surface area (Å²) in [5.41, 5.74) is 0.332. The maximum absolute atomic E-state index is 12.0. The molecule has 0 radical (unpaired) electrons. The van der Waals surface area contributed by atoms with Crippen molar-refractivity contribution >= 4 is 11.5 Å². The molecule has 0 saturated carbocycles. The van der Waals surface area contributed by atoms with Crippen LogP contribution in [0.2, 0.25) is 0 Å². The first kappa shape index (κ1) is 12.7. The predicted octanol–water partition coefficient (Wildman–Crippen LogP) is 1.11. The van der Waals surface area contributed by atoms with Crippen LogP contribution in [0.5, 0.6) is 0 Å². The molecule has 2 rings (SSSR count). The fraction of sp³-hybridized carbons (Fsp3) is 0.417. The molecule has 0 spiro atoms. The molecular weight excluding hydrogens is 236 g/mol. The highest BCUT2D eigenvalue weighted by molar-refractivity contribution is 5.98. The summed E-state index contributed by atoms with van der Waals surface area (Å²) < 4.78 is 5.20. The Morgan fingerprint density at radius 2 is 2.11 bits per heavy atom. The highest BCUT2D eigenvalue weighted by Crippen LogP contribution is 2.14. The molecule has 96 valence electrons. The van der Waals surface area contributed by atoms with Gasteiger partial charge in [-0.2, -0.15) is 0 Å². The van der Waals surface area contributed by atoms with Crippen molar-refractivity contribution in [2.75, 3.05) is 32.8 Å². The molecular formula is C12H14N2O4. The molecule has 1 aromatic carbocycles. The summed E-state index contributed by atoms with van der Waals surface area (Å²) in [6.45, 7) is 2.98. The molecule has 6 heteroatoms. The van der Waals surface area contributed by atoms with Crippen molar-refractivity contribution in [2.45, 2.75) is 0 Å². The van der Waals surface area contributed by atoms with Gasteiger partial charge in [0.2, 0.25) is 0 Å². The smallest absolute Gasteiger partial charge is 0.270 e. The number of rotatable bonds is 4. The lowest BCUT2D eigenvalue weighted by atomic mass is 10.1. The van der Waals surface area contributed by atoms with Gasteiger partial charge in [0.15, 0.2) is 5.78 Å². The first-order valence-electron chi connectivity index (χ1n) is 5.74. The standard InChI is InChI=1S/C12H14N2O4/c15-12(9-13-4-6-18-7-5-13)10-2-1-3-11(8-10)14(16)17/h1-3,8H,4-7,9H2. The van der Waals surface area contributed by atoms with E-state index in [1.54, 1.807) is 6.07 Å². The Labute approximate surface area is 104 Å². The molecule has 0 atom stereocenters. The van der Waals surface area contributed by atoms with Gasteiger partial charge in [-0.1, -0.05) is 12.1 Å². The van der Waals surface area contributed by atoms with Crippen LogP contribution in [-0.2, 0) is 4.74 Å². The average Bonchev–Trinajstić information content (AvgIpc) is 2.40. The molecule has 18 heavy (non-hydrogen) atoms. The molecule has 6 nitrogen and oxygen atoms in total. The zero-order chi connectivity index (χ0) is 13.0. The summed E-state index contributed by atoms with van der Waals surface area (Å²) in [4.78, 5) is 24.1. The van der Waals surface area contributed by atoms with Gasteiger partial charge in [-0.3, -0.25) is 19.8 Å². The molecule has 0 bridgehead atoms. The number of carbonyl (C=O) groups excluding carboxylic acids is 1. The number of nitrogens with zero attached hydrogens (tertiary/aromatic N) is 2. The van der Waals surface area contributed by atoms with Crippen molar-refractivity contribution in [3.8, 4) is 0 Å². The number of nitro groups is 1. The Morgan fingerprint density at radius 1 is 1.39 bits per heavy atom. The van der Waals surface area contributed by atoms with Crippen molar-refractivity contribution in [1.29, 1.82) is 0 Å². The molecule has 0 aliphatic carbocycles. The number of Topliss-reactive ketones (excluding diaryl/α,β-unsaturated/α-hetero) is 1. The highest BCUT2D eigenvalue weighted by Gasteiger charge is 2.17. The van der Waals surface area contributed by atoms with Crippen LogP contribution in [0.3, 0.4) is 0 Å². The van der Waals surface area contributed by atoms with Crippen LogP contribution in [0.4, 0.5) is 5.69 Å². The van der Waals surface area contributed by atoms with Gasteiger partial charge in [-0.05, 0) is 0 Å². The van der Waals surface area contributed by atoms with E-state index in [1.165, 1.54) is 18.2 Å². The minimum atomic E-state index is -0.495. The molecule has 0 N–H and O–H groups in total. The molecule has 1 saturated heterocycles. The fourth-order valence-corrected chi connectivity index (χ4v) is 1.85. The van der Waals surface area contributed by atoms with Gasteiger partial charge in [0.05, 0.1) is 24.7 Å². The van der Waals surface area contributed by atoms with Gasteiger partial charge in [0, 0.05) is 30.8 Å². The SMILES string of the molecule is O=C(CN1CCOCC1)c1cccc([N+](=O)[O-])c1. The van der Waals surface area contributed by atoms with Gasteiger partial charge in [0.25, 0.3) is 5.69 Å². The Hall–Kier alpha value is -1.79. The Morgan fingerprint density at radius 3 is 2.78 bits per heavy atom. The maximum atomic E-state index is 12.0. The summed E-state index contributed by atoms with van der Waals surface area (Å²) in [6, 6.07) is 5.84. The van der Waals surface area contributed by atoms with E-state index in [4.69, 9.17) is 4.74 Å². The maximum Gasteiger partial charge on any atom is 0.270 e. The van der Waals surface area contributed by atoms with E-state index < -0.39 is 4.92 Å². The molecule has 1 heterocycles. The van der Waals surface area contributed by atoms with Crippen LogP contribution >= 0.6 is 0 Å². The molecule has 0 amide bonds. The number of nitro benzene ring substituents is 1. The molecule has 0 aromatic heterocycles. The minimum absolute atomic E-state index is 0.0529. The third-order valence-corrected chi connectivity index (χ3v) is 2.85. The Kier molecular flexibility index (Phi) is 4.01. The van der Waals surface area contributed by atoms with Gasteiger partial charge in [0.1, 0.15) is 0 Å². The summed E-state index contributed by atoms with van der Waals surface area (Å²) >= 11 is 0. The van der Waals surface area contributed by atoms with Crippen LogP contribution in [0.1, 0.15) is 10.4 Å². The third-order valence-electron chi connectivity index (χ3n) is 2.85. The van der Waals surface area contributed by atoms with E-state index in [1.807, 2.05) is 4.90 Å². The topological polar surface area (TPSA) is 72.7 Å². The predicted molar refractivity (Wildman–Crippen MR) is 64.7 cm³/mol. The first-order valence-corrected chi connectivity index (χ1v) is 5.74. The van der Waals surface area contributed by atoms with E-state index in [2.05, 4.69) is 0 Å². The normalized spacial score (nSPS) is 16.4. The Bertz CT molecular complexity index is 455. The zero-order valence-corrected chi connectivity index (χ0v) is 9.87. The third kappa shape index (κ3) is 3.12. The molecule has 1 aliphatic heterocycles. The fourth-order valence-electron chi connectivity index (χ4n) is 1.85. The Balaban J connectivity index is 2.03. The lowest BCUT2D eigenvalue weighted by molar-refractivity contribution is -0.384. The number of benzene rings is 1. The van der Waals surface area contributed by atoms with Crippen LogP contribution in [0, 0.1) is 10.1 Å². The average molecular weight is 250 g/mol. The van der Waals surface area contributed by atoms with Crippen LogP contribution < -0.4 is 0 Å². The van der Waals surface area contributed by atoms with Crippen LogP contribution in [0.25, 0.3) is 0 Å². The quantitative estimate of drug-likeness (QED) is 0.454. The number of ketones is 1. The van der Waals surface area contributed by atoms with E-state index in [-0.39, 0.29) is 18.0 Å². The van der Waals surface area contributed by atoms with Gasteiger partial charge in [-0.15, -0.1) is 0 Å². The summed E-state index contributed by atoms with van der Waals surface area (Å²) in [5, 5.41) is 10.6. The zero-order valence-electron chi connectivity index (χ0n) is 9.87. The van der Waals surface area contributed by atoms with Gasteiger partial charge < -0.3 is 4.74 Å². The largest absolute Gasteiger partial charge is 0.379 e. The van der Waals surface area contributed by atoms with E-state index >= 15 is 0 Å². The number of hydrogen-bond donors (Lipinski definition) is 0. The monoisotopic (exact) mass is 250 g/mol. The second-order valence-corrected chi connectivity index (χ2v) is 4.12. The number of carbonyl (C=O) groups is 1. The van der Waals surface area contributed by atoms with Gasteiger partial charge >= 0.3 is 0 Å². The number of morpholine rings is 1. The second kappa shape index (κ2) is 5.70. The minimum Gasteiger partial charge on any atom is -0.379 e. The molecule has 1 aromatic rings. The van der Waals surface area contributed by atoms with Crippen molar-refractivity contribution < 1.29 is 14.5 Å². The van der Waals surface area contributed by atoms with E-state index in [0.717, 1.165) is 13.1 Å². The van der Waals surface area contributed by atoms with Crippen LogP contribution in [-0.4, -0.2) is 48.5 Å². The van der Waals surface area contributed by atoms with Crippen molar-refractivity contribution in [3.63, 3.8) is 0 Å². The lowest BCUT2D eigenvalue weighted by Gasteiger charge is -2.25. The number of hydrogen-bond acceptors (Lipinski definition) is 5. The number of non-ortho nitro benzene ring substituents is 1. The highest BCUT2D eigenvalue weighted by atomic mass is 16.6. The number of ether oxygens (including phenoxy) is 1. The molecule has 1 aliphatic rings. The first-order chi connectivity index (χ1) is 8.66. The summed E-state index contributed by atoms with van der Waals surface area (Å²) in [5.74, 6) is -0.0967. The second-order valence-electron chi connectivity index (χ2n) is 4.12. The summed E-state index contributed by atoms with van der Waals surface area (Å²) in [6.07, 6.45) is 0. The van der Waals surface area contributed by atoms with Crippen molar-refractivity contribution in [3.05, 3.63) is 39.9 Å². The van der Waals surface area contributed by atoms with Gasteiger partial charge in [-0.25, -0.2) is 0 Å². The van der Waals surface area contributed by atoms with Crippen LogP contribution in [0.15, 0.2) is 24.3 Å². The molecule has 1 fully saturated rings. The molecule has 0 unspecified atom stereocenters. The van der Waals surface area contributed by atoms with E-state index in [0.29, 0.717) is 18.8 Å². The van der Waals surface area contributed by atoms with E-state index in [9.17, 15) is 14.9 Å². The van der Waals surface area contributed by atoms with Crippen molar-refractivity contribution in [2.24, 2.45) is 0 Å².